The summed E-state index contributed by atoms with van der Waals surface area (Å²) in [5.41, 5.74) is -4.83. The fraction of sp³-hybridized carbons (Fsp3) is 0.750. The van der Waals surface area contributed by atoms with E-state index in [4.69, 9.17) is 40.8 Å². The highest BCUT2D eigenvalue weighted by Crippen LogP contribution is 2.52. The number of aliphatic hydroxyl groups is 1. The van der Waals surface area contributed by atoms with Crippen molar-refractivity contribution < 1.29 is 52.8 Å². The fourth-order valence-electron chi connectivity index (χ4n) is 3.15. The van der Waals surface area contributed by atoms with Gasteiger partial charge in [0.05, 0.1) is 23.3 Å². The molecule has 2 heterocycles. The molecule has 0 bridgehead atoms. The summed E-state index contributed by atoms with van der Waals surface area (Å²) in [5.74, 6) is -1.86. The number of rotatable bonds is 13. The first-order chi connectivity index (χ1) is 19.4. The van der Waals surface area contributed by atoms with Crippen molar-refractivity contribution in [3.05, 3.63) is 22.7 Å². The maximum Gasteiger partial charge on any atom is 0.480 e. The van der Waals surface area contributed by atoms with Crippen LogP contribution in [0.25, 0.3) is 0 Å². The highest BCUT2D eigenvalue weighted by Gasteiger charge is 2.57. The van der Waals surface area contributed by atoms with Gasteiger partial charge in [0.2, 0.25) is 13.6 Å². The first kappa shape index (κ1) is 33.4. The third-order valence-electron chi connectivity index (χ3n) is 5.60. The molecule has 0 unspecified atom stereocenters. The summed E-state index contributed by atoms with van der Waals surface area (Å²) in [6, 6.07) is 1.35. The number of nitrogens with one attached hydrogen (secondary N) is 1. The lowest BCUT2D eigenvalue weighted by atomic mass is 9.98. The van der Waals surface area contributed by atoms with Crippen molar-refractivity contribution in [2.24, 2.45) is 10.8 Å². The largest absolute Gasteiger partial charge is 0.480 e. The Labute approximate surface area is 243 Å². The van der Waals surface area contributed by atoms with E-state index in [0.29, 0.717) is 0 Å². The van der Waals surface area contributed by atoms with E-state index in [2.05, 4.69) is 10.3 Å². The molecule has 0 radical (unpaired) electrons. The van der Waals surface area contributed by atoms with Crippen LogP contribution >= 0.6 is 19.4 Å². The van der Waals surface area contributed by atoms with Crippen LogP contribution in [0, 0.1) is 10.8 Å². The summed E-state index contributed by atoms with van der Waals surface area (Å²) in [4.78, 5) is 40.5. The SMILES string of the molecule is [3H]CCNc1ccn([C@@H]2O[C@](CCl)(COP(=O)(OCOC(=O)C(C)(C)C)OCOC(=O)C(C)(C)C)[C@@H](O)[C@H]2F)c(=O)n1. The summed E-state index contributed by atoms with van der Waals surface area (Å²) in [7, 11) is -4.74. The Morgan fingerprint density at radius 3 is 2.22 bits per heavy atom. The second-order valence-corrected chi connectivity index (χ2v) is 13.0. The Morgan fingerprint density at radius 1 is 1.20 bits per heavy atom. The van der Waals surface area contributed by atoms with Gasteiger partial charge in [-0.25, -0.2) is 22.8 Å². The van der Waals surface area contributed by atoms with Gasteiger partial charge in [0, 0.05) is 14.1 Å². The van der Waals surface area contributed by atoms with Crippen LogP contribution in [-0.2, 0) is 41.9 Å². The minimum Gasteiger partial charge on any atom is -0.437 e. The average molecular weight is 632 g/mol. The van der Waals surface area contributed by atoms with Gasteiger partial charge >= 0.3 is 25.5 Å². The molecule has 1 aromatic heterocycles. The highest BCUT2D eigenvalue weighted by molar-refractivity contribution is 7.48. The zero-order valence-electron chi connectivity index (χ0n) is 24.8. The summed E-state index contributed by atoms with van der Waals surface area (Å²) in [5, 5.41) is 13.5. The molecule has 1 saturated heterocycles. The fourth-order valence-corrected chi connectivity index (χ4v) is 4.42. The van der Waals surface area contributed by atoms with E-state index in [1.54, 1.807) is 41.5 Å². The number of anilines is 1. The molecule has 14 nitrogen and oxygen atoms in total. The Balaban J connectivity index is 2.22. The van der Waals surface area contributed by atoms with Crippen molar-refractivity contribution >= 4 is 37.2 Å². The Hall–Kier alpha value is -2.13. The molecule has 1 aliphatic rings. The number of halogens is 2. The molecular formula is C24H38ClFN3O11P. The number of esters is 2. The molecule has 0 amide bonds. The number of aromatic nitrogens is 2. The Kier molecular flexibility index (Phi) is 11.3. The van der Waals surface area contributed by atoms with Gasteiger partial charge in [-0.2, -0.15) is 4.98 Å². The number of ether oxygens (including phenoxy) is 3. The summed E-state index contributed by atoms with van der Waals surface area (Å²) >= 11 is 6.05. The van der Waals surface area contributed by atoms with Gasteiger partial charge < -0.3 is 24.6 Å². The minimum atomic E-state index is -4.74. The van der Waals surface area contributed by atoms with Gasteiger partial charge in [-0.15, -0.1) is 11.6 Å². The third-order valence-corrected chi connectivity index (χ3v) is 7.34. The van der Waals surface area contributed by atoms with Gasteiger partial charge in [-0.3, -0.25) is 18.7 Å². The Morgan fingerprint density at radius 2 is 1.76 bits per heavy atom. The number of nitrogens with zero attached hydrogens (tertiary/aromatic N) is 2. The molecular weight excluding hydrogens is 592 g/mol. The van der Waals surface area contributed by atoms with Crippen LogP contribution in [-0.4, -0.2) is 77.1 Å². The number of aliphatic hydroxyl groups excluding tert-OH is 1. The van der Waals surface area contributed by atoms with Gasteiger partial charge in [-0.05, 0) is 54.5 Å². The molecule has 1 fully saturated rings. The van der Waals surface area contributed by atoms with E-state index in [9.17, 15) is 24.1 Å². The molecule has 234 valence electrons. The second kappa shape index (κ2) is 13.9. The van der Waals surface area contributed by atoms with Gasteiger partial charge in [0.25, 0.3) is 0 Å². The molecule has 0 spiro atoms. The predicted molar refractivity (Wildman–Crippen MR) is 144 cm³/mol. The smallest absolute Gasteiger partial charge is 0.437 e. The molecule has 4 atom stereocenters. The molecule has 0 aliphatic carbocycles. The van der Waals surface area contributed by atoms with Crippen LogP contribution in [0.4, 0.5) is 10.2 Å². The number of phosphoric ester groups is 1. The highest BCUT2D eigenvalue weighted by atomic mass is 35.5. The maximum atomic E-state index is 15.3. The number of carbonyl (C=O) groups excluding carboxylic acids is 2. The molecule has 2 N–H and O–H groups in total. The zero-order chi connectivity index (χ0) is 31.9. The van der Waals surface area contributed by atoms with Crippen molar-refractivity contribution in [3.8, 4) is 0 Å². The molecule has 41 heavy (non-hydrogen) atoms. The van der Waals surface area contributed by atoms with Gasteiger partial charge in [-0.1, -0.05) is 0 Å². The number of alkyl halides is 2. The quantitative estimate of drug-likeness (QED) is 0.141. The van der Waals surface area contributed by atoms with E-state index in [-0.39, 0.29) is 19.3 Å². The minimum absolute atomic E-state index is 0.0306. The third kappa shape index (κ3) is 9.18. The number of hydrogen-bond acceptors (Lipinski definition) is 13. The van der Waals surface area contributed by atoms with E-state index >= 15 is 4.39 Å². The monoisotopic (exact) mass is 631 g/mol. The van der Waals surface area contributed by atoms with Crippen molar-refractivity contribution in [1.82, 2.24) is 9.55 Å². The number of phosphoric acid groups is 1. The van der Waals surface area contributed by atoms with Crippen LogP contribution in [0.15, 0.2) is 17.1 Å². The summed E-state index contributed by atoms with van der Waals surface area (Å²) in [6.45, 7) is 7.01. The van der Waals surface area contributed by atoms with Crippen molar-refractivity contribution in [2.45, 2.75) is 72.5 Å². The van der Waals surface area contributed by atoms with E-state index in [1.165, 1.54) is 12.3 Å². The van der Waals surface area contributed by atoms with Crippen LogP contribution in [0.2, 0.25) is 0 Å². The van der Waals surface area contributed by atoms with Crippen molar-refractivity contribution in [1.29, 1.82) is 0 Å². The normalized spacial score (nSPS) is 23.6. The van der Waals surface area contributed by atoms with E-state index < -0.39 is 86.5 Å². The molecule has 1 aromatic rings. The standard InChI is InChI=1S/C24H38ClFN3O11P/c1-8-27-15-9-10-29(21(33)28-15)18-16(26)17(30)24(11-25,40-18)12-37-41(34,38-13-35-19(31)22(2,3)4)39-14-36-20(32)23(5,6)7/h9-10,16-18,30H,8,11-14H2,1-7H3,(H,27,28,33)/t16-,17+,18-,24-/m1/s1/i1T. The lowest BCUT2D eigenvalue weighted by molar-refractivity contribution is -0.164. The first-order valence-electron chi connectivity index (χ1n) is 13.2. The lowest BCUT2D eigenvalue weighted by Gasteiger charge is -2.30. The summed E-state index contributed by atoms with van der Waals surface area (Å²) < 4.78 is 67.6. The van der Waals surface area contributed by atoms with Crippen LogP contribution in [0.3, 0.4) is 0 Å². The predicted octanol–water partition coefficient (Wildman–Crippen LogP) is 3.13. The van der Waals surface area contributed by atoms with Crippen LogP contribution in [0.5, 0.6) is 0 Å². The zero-order valence-corrected chi connectivity index (χ0v) is 25.4. The average Bonchev–Trinajstić information content (AvgIpc) is 3.15. The molecule has 1 aliphatic heterocycles. The topological polar surface area (TPSA) is 174 Å². The van der Waals surface area contributed by atoms with Crippen molar-refractivity contribution in [3.63, 3.8) is 0 Å². The van der Waals surface area contributed by atoms with Crippen molar-refractivity contribution in [2.75, 3.05) is 37.9 Å². The van der Waals surface area contributed by atoms with E-state index in [0.717, 1.165) is 4.57 Å². The number of hydrogen-bond donors (Lipinski definition) is 2. The molecule has 0 aromatic carbocycles. The van der Waals surface area contributed by atoms with Crippen LogP contribution in [0.1, 0.15) is 56.0 Å². The lowest BCUT2D eigenvalue weighted by Crippen LogP contribution is -2.47. The second-order valence-electron chi connectivity index (χ2n) is 11.1. The molecule has 0 saturated carbocycles. The van der Waals surface area contributed by atoms with E-state index in [1.807, 2.05) is 0 Å². The summed E-state index contributed by atoms with van der Waals surface area (Å²) in [6.07, 6.45) is -4.71. The van der Waals surface area contributed by atoms with Gasteiger partial charge in [0.15, 0.2) is 12.4 Å². The van der Waals surface area contributed by atoms with Gasteiger partial charge in [0.1, 0.15) is 17.5 Å². The maximum absolute atomic E-state index is 15.3. The van der Waals surface area contributed by atoms with Crippen LogP contribution < -0.4 is 11.0 Å². The Bertz CT molecular complexity index is 1160. The molecule has 2 rings (SSSR count). The molecule has 17 heteroatoms. The number of carbonyl (C=O) groups is 2. The first-order valence-corrected chi connectivity index (χ1v) is 14.4.